The molecule has 0 bridgehead atoms. The Hall–Kier alpha value is -1.90. The predicted molar refractivity (Wildman–Crippen MR) is 79.5 cm³/mol. The molecule has 1 aliphatic rings. The fourth-order valence-electron chi connectivity index (χ4n) is 2.57. The average molecular weight is 287 g/mol. The normalized spacial score (nSPS) is 16.9. The molecule has 5 nitrogen and oxygen atoms in total. The lowest BCUT2D eigenvalue weighted by molar-refractivity contribution is -0.134. The quantitative estimate of drug-likeness (QED) is 0.850. The second kappa shape index (κ2) is 7.77. The zero-order valence-corrected chi connectivity index (χ0v) is 12.3. The molecule has 0 fully saturated rings. The summed E-state index contributed by atoms with van der Waals surface area (Å²) >= 11 is 0. The summed E-state index contributed by atoms with van der Waals surface area (Å²) in [7, 11) is 1.61. The SMILES string of the molecule is COCCN(CCC#N)C(=O)[C@H]1Cc2ccccc2CN1. The van der Waals surface area contributed by atoms with Crippen molar-refractivity contribution >= 4 is 5.91 Å². The van der Waals surface area contributed by atoms with E-state index in [1.165, 1.54) is 11.1 Å². The molecule has 112 valence electrons. The van der Waals surface area contributed by atoms with E-state index in [0.29, 0.717) is 39.1 Å². The summed E-state index contributed by atoms with van der Waals surface area (Å²) in [6.45, 7) is 2.18. The van der Waals surface area contributed by atoms with Gasteiger partial charge >= 0.3 is 0 Å². The van der Waals surface area contributed by atoms with Crippen LogP contribution in [0.3, 0.4) is 0 Å². The molecule has 1 amide bonds. The molecule has 0 saturated carbocycles. The Labute approximate surface area is 125 Å². The second-order valence-electron chi connectivity index (χ2n) is 5.13. The number of methoxy groups -OCH3 is 1. The van der Waals surface area contributed by atoms with Gasteiger partial charge in [0.15, 0.2) is 0 Å². The van der Waals surface area contributed by atoms with Gasteiger partial charge in [-0.2, -0.15) is 5.26 Å². The zero-order valence-electron chi connectivity index (χ0n) is 12.3. The summed E-state index contributed by atoms with van der Waals surface area (Å²) in [5.74, 6) is 0.0526. The third-order valence-electron chi connectivity index (χ3n) is 3.75. The number of nitrogens with zero attached hydrogens (tertiary/aromatic N) is 2. The number of nitriles is 1. The monoisotopic (exact) mass is 287 g/mol. The Balaban J connectivity index is 2.02. The van der Waals surface area contributed by atoms with Crippen molar-refractivity contribution in [1.29, 1.82) is 5.26 Å². The molecule has 5 heteroatoms. The maximum atomic E-state index is 12.6. The maximum Gasteiger partial charge on any atom is 0.240 e. The summed E-state index contributed by atoms with van der Waals surface area (Å²) in [4.78, 5) is 14.3. The Morgan fingerprint density at radius 3 is 2.90 bits per heavy atom. The van der Waals surface area contributed by atoms with Gasteiger partial charge in [0.05, 0.1) is 25.1 Å². The lowest BCUT2D eigenvalue weighted by atomic mass is 9.95. The summed E-state index contributed by atoms with van der Waals surface area (Å²) in [5, 5.41) is 12.0. The van der Waals surface area contributed by atoms with E-state index in [0.717, 1.165) is 0 Å². The first-order chi connectivity index (χ1) is 10.3. The molecule has 0 unspecified atom stereocenters. The molecule has 21 heavy (non-hydrogen) atoms. The number of ether oxygens (including phenoxy) is 1. The van der Waals surface area contributed by atoms with Crippen molar-refractivity contribution in [3.8, 4) is 6.07 Å². The molecule has 1 aromatic rings. The highest BCUT2D eigenvalue weighted by atomic mass is 16.5. The molecule has 1 aliphatic heterocycles. The smallest absolute Gasteiger partial charge is 0.240 e. The predicted octanol–water partition coefficient (Wildman–Crippen LogP) is 1.09. The van der Waals surface area contributed by atoms with E-state index in [1.54, 1.807) is 12.0 Å². The highest BCUT2D eigenvalue weighted by Crippen LogP contribution is 2.17. The number of amides is 1. The molecule has 1 atom stereocenters. The summed E-state index contributed by atoms with van der Waals surface area (Å²) in [5.41, 5.74) is 2.48. The van der Waals surface area contributed by atoms with Crippen LogP contribution in [0.15, 0.2) is 24.3 Å². The van der Waals surface area contributed by atoms with E-state index < -0.39 is 0 Å². The Bertz CT molecular complexity index is 524. The summed E-state index contributed by atoms with van der Waals surface area (Å²) in [6.07, 6.45) is 1.05. The first kappa shape index (κ1) is 15.5. The number of carbonyl (C=O) groups excluding carboxylic acids is 1. The fourth-order valence-corrected chi connectivity index (χ4v) is 2.57. The van der Waals surface area contributed by atoms with Crippen LogP contribution < -0.4 is 5.32 Å². The molecule has 1 aromatic carbocycles. The van der Waals surface area contributed by atoms with E-state index in [2.05, 4.69) is 23.5 Å². The Morgan fingerprint density at radius 2 is 2.19 bits per heavy atom. The van der Waals surface area contributed by atoms with Crippen molar-refractivity contribution in [3.63, 3.8) is 0 Å². The van der Waals surface area contributed by atoms with Crippen LogP contribution in [0.2, 0.25) is 0 Å². The maximum absolute atomic E-state index is 12.6. The minimum absolute atomic E-state index is 0.0526. The van der Waals surface area contributed by atoms with Gasteiger partial charge in [-0.25, -0.2) is 0 Å². The largest absolute Gasteiger partial charge is 0.383 e. The number of carbonyl (C=O) groups is 1. The van der Waals surface area contributed by atoms with Crippen LogP contribution in [0, 0.1) is 11.3 Å². The van der Waals surface area contributed by atoms with Crippen LogP contribution in [0.4, 0.5) is 0 Å². The topological polar surface area (TPSA) is 65.4 Å². The molecule has 1 heterocycles. The van der Waals surface area contributed by atoms with Crippen molar-refractivity contribution in [3.05, 3.63) is 35.4 Å². The van der Waals surface area contributed by atoms with E-state index in [4.69, 9.17) is 10.00 Å². The van der Waals surface area contributed by atoms with Crippen LogP contribution in [0.1, 0.15) is 17.5 Å². The van der Waals surface area contributed by atoms with Crippen molar-refractivity contribution in [2.45, 2.75) is 25.4 Å². The van der Waals surface area contributed by atoms with Crippen LogP contribution in [0.25, 0.3) is 0 Å². The third kappa shape index (κ3) is 4.03. The molecule has 0 aliphatic carbocycles. The minimum atomic E-state index is -0.213. The van der Waals surface area contributed by atoms with Gasteiger partial charge in [0, 0.05) is 26.7 Å². The van der Waals surface area contributed by atoms with E-state index in [9.17, 15) is 4.79 Å². The molecular weight excluding hydrogens is 266 g/mol. The highest BCUT2D eigenvalue weighted by Gasteiger charge is 2.27. The lowest BCUT2D eigenvalue weighted by Gasteiger charge is -2.30. The van der Waals surface area contributed by atoms with Gasteiger partial charge in [-0.05, 0) is 17.5 Å². The van der Waals surface area contributed by atoms with Gasteiger partial charge in [0.25, 0.3) is 0 Å². The van der Waals surface area contributed by atoms with Crippen molar-refractivity contribution < 1.29 is 9.53 Å². The second-order valence-corrected chi connectivity index (χ2v) is 5.13. The minimum Gasteiger partial charge on any atom is -0.383 e. The van der Waals surface area contributed by atoms with E-state index >= 15 is 0 Å². The van der Waals surface area contributed by atoms with Crippen molar-refractivity contribution in [1.82, 2.24) is 10.2 Å². The number of rotatable bonds is 6. The third-order valence-corrected chi connectivity index (χ3v) is 3.75. The number of fused-ring (bicyclic) bond motifs is 1. The van der Waals surface area contributed by atoms with Crippen LogP contribution in [-0.4, -0.2) is 43.7 Å². The van der Waals surface area contributed by atoms with Gasteiger partial charge in [-0.3, -0.25) is 4.79 Å². The van der Waals surface area contributed by atoms with Crippen molar-refractivity contribution in [2.75, 3.05) is 26.8 Å². The summed E-state index contributed by atoms with van der Waals surface area (Å²) < 4.78 is 5.05. The van der Waals surface area contributed by atoms with Gasteiger partial charge in [0.1, 0.15) is 0 Å². The standard InChI is InChI=1S/C16H21N3O2/c1-21-10-9-19(8-4-7-17)16(20)15-11-13-5-2-3-6-14(13)12-18-15/h2-3,5-6,15,18H,4,8-12H2,1H3/t15-/m1/s1. The molecule has 2 rings (SSSR count). The fraction of sp³-hybridized carbons (Fsp3) is 0.500. The van der Waals surface area contributed by atoms with Gasteiger partial charge in [0.2, 0.25) is 5.91 Å². The lowest BCUT2D eigenvalue weighted by Crippen LogP contribution is -2.50. The Kier molecular flexibility index (Phi) is 5.73. The van der Waals surface area contributed by atoms with Crippen LogP contribution in [0.5, 0.6) is 0 Å². The number of nitrogens with one attached hydrogen (secondary N) is 1. The van der Waals surface area contributed by atoms with Crippen LogP contribution in [-0.2, 0) is 22.5 Å². The molecule has 1 N–H and O–H groups in total. The van der Waals surface area contributed by atoms with Gasteiger partial charge in [-0.1, -0.05) is 24.3 Å². The molecule has 0 aromatic heterocycles. The van der Waals surface area contributed by atoms with E-state index in [-0.39, 0.29) is 11.9 Å². The zero-order chi connectivity index (χ0) is 15.1. The average Bonchev–Trinajstić information content (AvgIpc) is 2.54. The highest BCUT2D eigenvalue weighted by molar-refractivity contribution is 5.82. The first-order valence-electron chi connectivity index (χ1n) is 7.21. The number of benzene rings is 1. The molecule has 0 spiro atoms. The molecule has 0 saturated heterocycles. The van der Waals surface area contributed by atoms with Gasteiger partial charge < -0.3 is 15.0 Å². The summed E-state index contributed by atoms with van der Waals surface area (Å²) in [6, 6.07) is 10.1. The molecule has 0 radical (unpaired) electrons. The van der Waals surface area contributed by atoms with Crippen molar-refractivity contribution in [2.24, 2.45) is 0 Å². The first-order valence-corrected chi connectivity index (χ1v) is 7.21. The van der Waals surface area contributed by atoms with Crippen LogP contribution >= 0.6 is 0 Å². The van der Waals surface area contributed by atoms with Gasteiger partial charge in [-0.15, -0.1) is 0 Å². The molecular formula is C16H21N3O2. The number of hydrogen-bond acceptors (Lipinski definition) is 4. The Morgan fingerprint density at radius 1 is 1.43 bits per heavy atom. The van der Waals surface area contributed by atoms with E-state index in [1.807, 2.05) is 12.1 Å². The number of hydrogen-bond donors (Lipinski definition) is 1.